The van der Waals surface area contributed by atoms with Gasteiger partial charge < -0.3 is 9.64 Å². The van der Waals surface area contributed by atoms with Gasteiger partial charge in [0.05, 0.1) is 29.3 Å². The molecule has 2 atom stereocenters. The first-order valence-corrected chi connectivity index (χ1v) is 10.3. The monoisotopic (exact) mass is 403 g/mol. The van der Waals surface area contributed by atoms with Crippen LogP contribution in [0, 0.1) is 6.92 Å². The topological polar surface area (TPSA) is 47.4 Å². The third kappa shape index (κ3) is 3.74. The van der Waals surface area contributed by atoms with Gasteiger partial charge in [-0.3, -0.25) is 9.48 Å². The molecule has 0 saturated carbocycles. The summed E-state index contributed by atoms with van der Waals surface area (Å²) in [6, 6.07) is 9.75. The van der Waals surface area contributed by atoms with Gasteiger partial charge in [-0.05, 0) is 44.5 Å². The first-order valence-electron chi connectivity index (χ1n) is 9.07. The van der Waals surface area contributed by atoms with Crippen molar-refractivity contribution in [1.29, 1.82) is 0 Å². The lowest BCUT2D eigenvalue weighted by molar-refractivity contribution is -0.0585. The standard InChI is InChI=1S/C20H22ClN3O2S/c1-12-9-23(10-13(2)26-12)19(25)18-8-17-14(3)22-24(20(17)27-18)11-15-4-6-16(21)7-5-15/h4-8,12-13H,9-11H2,1-3H3. The van der Waals surface area contributed by atoms with Gasteiger partial charge in [0.15, 0.2) is 0 Å². The lowest BCUT2D eigenvalue weighted by Crippen LogP contribution is -2.48. The fourth-order valence-electron chi connectivity index (χ4n) is 3.59. The van der Waals surface area contributed by atoms with Gasteiger partial charge in [-0.25, -0.2) is 0 Å². The number of aromatic nitrogens is 2. The van der Waals surface area contributed by atoms with Crippen molar-refractivity contribution < 1.29 is 9.53 Å². The second-order valence-electron chi connectivity index (χ2n) is 7.17. The molecule has 5 nitrogen and oxygen atoms in total. The number of ether oxygens (including phenoxy) is 1. The maximum Gasteiger partial charge on any atom is 0.264 e. The van der Waals surface area contributed by atoms with E-state index >= 15 is 0 Å². The SMILES string of the molecule is Cc1nn(Cc2ccc(Cl)cc2)c2sc(C(=O)N3CC(C)OC(C)C3)cc12. The summed E-state index contributed by atoms with van der Waals surface area (Å²) >= 11 is 7.49. The molecule has 0 spiro atoms. The zero-order valence-corrected chi connectivity index (χ0v) is 17.2. The van der Waals surface area contributed by atoms with Crippen LogP contribution < -0.4 is 0 Å². The molecule has 0 bridgehead atoms. The van der Waals surface area contributed by atoms with Gasteiger partial charge in [0.25, 0.3) is 5.91 Å². The summed E-state index contributed by atoms with van der Waals surface area (Å²) in [7, 11) is 0. The number of halogens is 1. The highest BCUT2D eigenvalue weighted by Crippen LogP contribution is 2.30. The number of morpholine rings is 1. The third-order valence-corrected chi connectivity index (χ3v) is 6.16. The minimum atomic E-state index is 0.0641. The molecule has 3 aromatic rings. The summed E-state index contributed by atoms with van der Waals surface area (Å²) in [5, 5.41) is 6.42. The van der Waals surface area contributed by atoms with Crippen molar-refractivity contribution >= 4 is 39.1 Å². The van der Waals surface area contributed by atoms with Gasteiger partial charge in [-0.1, -0.05) is 23.7 Å². The number of nitrogens with zero attached hydrogens (tertiary/aromatic N) is 3. The second kappa shape index (κ2) is 7.26. The number of rotatable bonds is 3. The molecule has 27 heavy (non-hydrogen) atoms. The molecule has 2 unspecified atom stereocenters. The number of carbonyl (C=O) groups excluding carboxylic acids is 1. The lowest BCUT2D eigenvalue weighted by atomic mass is 10.2. The summed E-state index contributed by atoms with van der Waals surface area (Å²) in [4.78, 5) is 16.7. The molecule has 1 saturated heterocycles. The Morgan fingerprint density at radius 3 is 2.59 bits per heavy atom. The van der Waals surface area contributed by atoms with Crippen molar-refractivity contribution in [1.82, 2.24) is 14.7 Å². The fourth-order valence-corrected chi connectivity index (χ4v) is 4.84. The summed E-state index contributed by atoms with van der Waals surface area (Å²) in [6.45, 7) is 7.92. The molecule has 1 aliphatic rings. The molecule has 1 aliphatic heterocycles. The fraction of sp³-hybridized carbons (Fsp3) is 0.400. The highest BCUT2D eigenvalue weighted by atomic mass is 35.5. The number of carbonyl (C=O) groups is 1. The molecule has 4 rings (SSSR count). The summed E-state index contributed by atoms with van der Waals surface area (Å²) in [5.74, 6) is 0.0793. The van der Waals surface area contributed by atoms with E-state index in [2.05, 4.69) is 5.10 Å². The Morgan fingerprint density at radius 1 is 1.26 bits per heavy atom. The number of aryl methyl sites for hydroxylation is 1. The number of hydrogen-bond donors (Lipinski definition) is 0. The van der Waals surface area contributed by atoms with Gasteiger partial charge >= 0.3 is 0 Å². The summed E-state index contributed by atoms with van der Waals surface area (Å²) < 4.78 is 7.72. The van der Waals surface area contributed by atoms with Crippen LogP contribution in [0.2, 0.25) is 5.02 Å². The van der Waals surface area contributed by atoms with Crippen molar-refractivity contribution in [3.05, 3.63) is 51.5 Å². The molecule has 1 aromatic carbocycles. The highest BCUT2D eigenvalue weighted by molar-refractivity contribution is 7.20. The van der Waals surface area contributed by atoms with Crippen LogP contribution in [-0.2, 0) is 11.3 Å². The van der Waals surface area contributed by atoms with E-state index in [1.807, 2.05) is 60.7 Å². The largest absolute Gasteiger partial charge is 0.372 e. The number of hydrogen-bond acceptors (Lipinski definition) is 4. The van der Waals surface area contributed by atoms with Crippen LogP contribution in [0.15, 0.2) is 30.3 Å². The highest BCUT2D eigenvalue weighted by Gasteiger charge is 2.28. The van der Waals surface area contributed by atoms with Crippen LogP contribution >= 0.6 is 22.9 Å². The van der Waals surface area contributed by atoms with Gasteiger partial charge in [0.1, 0.15) is 4.83 Å². The normalized spacial score (nSPS) is 20.4. The maximum absolute atomic E-state index is 13.0. The Morgan fingerprint density at radius 2 is 1.93 bits per heavy atom. The van der Waals surface area contributed by atoms with Crippen molar-refractivity contribution in [3.8, 4) is 0 Å². The Bertz CT molecular complexity index is 969. The average Bonchev–Trinajstić information content (AvgIpc) is 3.17. The minimum Gasteiger partial charge on any atom is -0.372 e. The Labute approximate surface area is 167 Å². The molecular formula is C20H22ClN3O2S. The number of benzene rings is 1. The van der Waals surface area contributed by atoms with E-state index in [0.29, 0.717) is 19.6 Å². The Hall–Kier alpha value is -1.89. The maximum atomic E-state index is 13.0. The van der Waals surface area contributed by atoms with Gasteiger partial charge in [0.2, 0.25) is 0 Å². The summed E-state index contributed by atoms with van der Waals surface area (Å²) in [5.41, 5.74) is 2.07. The molecule has 0 N–H and O–H groups in total. The minimum absolute atomic E-state index is 0.0641. The van der Waals surface area contributed by atoms with E-state index in [0.717, 1.165) is 31.4 Å². The molecule has 1 fully saturated rings. The zero-order chi connectivity index (χ0) is 19.1. The van der Waals surface area contributed by atoms with Crippen LogP contribution in [0.1, 0.15) is 34.8 Å². The lowest BCUT2D eigenvalue weighted by Gasteiger charge is -2.35. The van der Waals surface area contributed by atoms with Gasteiger partial charge in [-0.15, -0.1) is 11.3 Å². The van der Waals surface area contributed by atoms with Gasteiger partial charge in [-0.2, -0.15) is 5.10 Å². The molecule has 1 amide bonds. The predicted octanol–water partition coefficient (Wildman–Crippen LogP) is 4.36. The van der Waals surface area contributed by atoms with Crippen molar-refractivity contribution in [2.75, 3.05) is 13.1 Å². The van der Waals surface area contributed by atoms with E-state index in [9.17, 15) is 4.79 Å². The van der Waals surface area contributed by atoms with E-state index in [1.165, 1.54) is 11.3 Å². The predicted molar refractivity (Wildman–Crippen MR) is 109 cm³/mol. The third-order valence-electron chi connectivity index (χ3n) is 4.77. The van der Waals surface area contributed by atoms with Crippen LogP contribution in [0.3, 0.4) is 0 Å². The molecule has 142 valence electrons. The van der Waals surface area contributed by atoms with E-state index in [1.54, 1.807) is 0 Å². The van der Waals surface area contributed by atoms with Crippen LogP contribution in [-0.4, -0.2) is 45.9 Å². The Balaban J connectivity index is 1.62. The molecular weight excluding hydrogens is 382 g/mol. The van der Waals surface area contributed by atoms with E-state index < -0.39 is 0 Å². The number of amides is 1. The quantitative estimate of drug-likeness (QED) is 0.652. The van der Waals surface area contributed by atoms with E-state index in [-0.39, 0.29) is 18.1 Å². The first kappa shape index (κ1) is 18.5. The van der Waals surface area contributed by atoms with E-state index in [4.69, 9.17) is 16.3 Å². The van der Waals surface area contributed by atoms with Crippen LogP contribution in [0.5, 0.6) is 0 Å². The molecule has 0 radical (unpaired) electrons. The van der Waals surface area contributed by atoms with Crippen molar-refractivity contribution in [2.24, 2.45) is 0 Å². The van der Waals surface area contributed by atoms with Crippen molar-refractivity contribution in [3.63, 3.8) is 0 Å². The van der Waals surface area contributed by atoms with Crippen LogP contribution in [0.4, 0.5) is 0 Å². The molecule has 7 heteroatoms. The smallest absolute Gasteiger partial charge is 0.264 e. The number of thiophene rings is 1. The average molecular weight is 404 g/mol. The first-order chi connectivity index (χ1) is 12.9. The second-order valence-corrected chi connectivity index (χ2v) is 8.63. The van der Waals surface area contributed by atoms with Gasteiger partial charge in [0, 0.05) is 23.5 Å². The Kier molecular flexibility index (Phi) is 4.97. The molecule has 2 aromatic heterocycles. The zero-order valence-electron chi connectivity index (χ0n) is 15.6. The molecule has 0 aliphatic carbocycles. The van der Waals surface area contributed by atoms with Crippen LogP contribution in [0.25, 0.3) is 10.2 Å². The van der Waals surface area contributed by atoms with Crippen molar-refractivity contribution in [2.45, 2.75) is 39.5 Å². The summed E-state index contributed by atoms with van der Waals surface area (Å²) in [6.07, 6.45) is 0.128. The molecule has 3 heterocycles. The number of fused-ring (bicyclic) bond motifs is 1.